The molecule has 0 aliphatic heterocycles. The average molecular weight is 377 g/mol. The van der Waals surface area contributed by atoms with Crippen LogP contribution in [-0.4, -0.2) is 18.9 Å². The van der Waals surface area contributed by atoms with Crippen molar-refractivity contribution in [2.45, 2.75) is 26.9 Å². The van der Waals surface area contributed by atoms with Crippen molar-refractivity contribution in [1.82, 2.24) is 0 Å². The summed E-state index contributed by atoms with van der Waals surface area (Å²) in [7, 11) is 0. The predicted octanol–water partition coefficient (Wildman–Crippen LogP) is 5.08. The molecule has 0 aliphatic carbocycles. The Balaban J connectivity index is 2.08. The molecule has 0 heterocycles. The van der Waals surface area contributed by atoms with Gasteiger partial charge in [0.2, 0.25) is 0 Å². The summed E-state index contributed by atoms with van der Waals surface area (Å²) in [6.07, 6.45) is 1.86. The van der Waals surface area contributed by atoms with E-state index in [9.17, 15) is 0 Å². The molecular formula is C18H21BrN2O2. The van der Waals surface area contributed by atoms with Crippen LogP contribution < -0.4 is 14.9 Å². The van der Waals surface area contributed by atoms with Crippen molar-refractivity contribution in [3.8, 4) is 11.5 Å². The Hall–Kier alpha value is -2.01. The molecule has 23 heavy (non-hydrogen) atoms. The quantitative estimate of drug-likeness (QED) is 0.541. The van der Waals surface area contributed by atoms with E-state index in [-0.39, 0.29) is 6.10 Å². The third-order valence-corrected chi connectivity index (χ3v) is 3.41. The van der Waals surface area contributed by atoms with Gasteiger partial charge in [-0.05, 0) is 68.8 Å². The zero-order valence-corrected chi connectivity index (χ0v) is 15.1. The van der Waals surface area contributed by atoms with Crippen molar-refractivity contribution < 1.29 is 9.47 Å². The maximum absolute atomic E-state index is 5.75. The summed E-state index contributed by atoms with van der Waals surface area (Å²) in [5.74, 6) is 1.48. The van der Waals surface area contributed by atoms with Crippen molar-refractivity contribution in [1.29, 1.82) is 0 Å². The van der Waals surface area contributed by atoms with Crippen LogP contribution in [-0.2, 0) is 0 Å². The van der Waals surface area contributed by atoms with Gasteiger partial charge in [0, 0.05) is 4.47 Å². The second kappa shape index (κ2) is 8.58. The summed E-state index contributed by atoms with van der Waals surface area (Å²) >= 11 is 3.40. The molecule has 2 aromatic rings. The van der Waals surface area contributed by atoms with E-state index in [2.05, 4.69) is 26.5 Å². The molecular weight excluding hydrogens is 356 g/mol. The predicted molar refractivity (Wildman–Crippen MR) is 98.7 cm³/mol. The highest BCUT2D eigenvalue weighted by Crippen LogP contribution is 2.29. The van der Waals surface area contributed by atoms with Gasteiger partial charge in [0.1, 0.15) is 0 Å². The van der Waals surface area contributed by atoms with E-state index >= 15 is 0 Å². The molecule has 1 N–H and O–H groups in total. The van der Waals surface area contributed by atoms with Crippen LogP contribution >= 0.6 is 15.9 Å². The molecule has 0 unspecified atom stereocenters. The lowest BCUT2D eigenvalue weighted by Gasteiger charge is -2.14. The lowest BCUT2D eigenvalue weighted by molar-refractivity contribution is 0.224. The third kappa shape index (κ3) is 5.60. The summed E-state index contributed by atoms with van der Waals surface area (Å²) in [6.45, 7) is 6.53. The number of nitrogens with zero attached hydrogens (tertiary/aromatic N) is 1. The molecule has 0 bridgehead atoms. The largest absolute Gasteiger partial charge is 0.490 e. The van der Waals surface area contributed by atoms with Gasteiger partial charge in [0.25, 0.3) is 0 Å². The number of benzene rings is 2. The van der Waals surface area contributed by atoms with Crippen LogP contribution in [0.3, 0.4) is 0 Å². The van der Waals surface area contributed by atoms with Crippen LogP contribution in [0.4, 0.5) is 5.69 Å². The Labute approximate surface area is 145 Å². The summed E-state index contributed by atoms with van der Waals surface area (Å²) < 4.78 is 12.4. The van der Waals surface area contributed by atoms with Gasteiger partial charge < -0.3 is 9.47 Å². The monoisotopic (exact) mass is 376 g/mol. The minimum Gasteiger partial charge on any atom is -0.490 e. The summed E-state index contributed by atoms with van der Waals surface area (Å²) in [4.78, 5) is 0. The number of hydrogen-bond donors (Lipinski definition) is 1. The number of ether oxygens (including phenoxy) is 2. The van der Waals surface area contributed by atoms with Crippen LogP contribution in [0.15, 0.2) is 52.0 Å². The maximum Gasteiger partial charge on any atom is 0.161 e. The SMILES string of the molecule is CCOc1cc(/C=N/Nc2ccc(Br)cc2)ccc1OC(C)C. The van der Waals surface area contributed by atoms with Gasteiger partial charge >= 0.3 is 0 Å². The van der Waals surface area contributed by atoms with Crippen LogP contribution in [0.25, 0.3) is 0 Å². The molecule has 0 atom stereocenters. The lowest BCUT2D eigenvalue weighted by atomic mass is 10.2. The van der Waals surface area contributed by atoms with Crippen molar-refractivity contribution in [3.05, 3.63) is 52.5 Å². The normalized spacial score (nSPS) is 11.0. The smallest absolute Gasteiger partial charge is 0.161 e. The number of anilines is 1. The Bertz CT molecular complexity index is 655. The molecule has 5 heteroatoms. The Morgan fingerprint density at radius 2 is 1.87 bits per heavy atom. The van der Waals surface area contributed by atoms with Crippen LogP contribution in [0.5, 0.6) is 11.5 Å². The van der Waals surface area contributed by atoms with E-state index in [0.29, 0.717) is 6.61 Å². The Kier molecular flexibility index (Phi) is 6.47. The van der Waals surface area contributed by atoms with Gasteiger partial charge in [-0.3, -0.25) is 5.43 Å². The highest BCUT2D eigenvalue weighted by atomic mass is 79.9. The molecule has 0 spiro atoms. The summed E-state index contributed by atoms with van der Waals surface area (Å²) in [5.41, 5.74) is 4.86. The van der Waals surface area contributed by atoms with Crippen molar-refractivity contribution >= 4 is 27.8 Å². The number of hydrogen-bond acceptors (Lipinski definition) is 4. The van der Waals surface area contributed by atoms with Crippen molar-refractivity contribution in [2.75, 3.05) is 12.0 Å². The number of hydrazone groups is 1. The fourth-order valence-electron chi connectivity index (χ4n) is 1.93. The van der Waals surface area contributed by atoms with Gasteiger partial charge in [-0.2, -0.15) is 5.10 Å². The van der Waals surface area contributed by atoms with Gasteiger partial charge in [-0.1, -0.05) is 15.9 Å². The topological polar surface area (TPSA) is 42.8 Å². The number of rotatable bonds is 7. The minimum atomic E-state index is 0.104. The van der Waals surface area contributed by atoms with Gasteiger partial charge in [0.05, 0.1) is 24.6 Å². The fraction of sp³-hybridized carbons (Fsp3) is 0.278. The molecule has 2 aromatic carbocycles. The van der Waals surface area contributed by atoms with E-state index in [1.807, 2.05) is 63.2 Å². The summed E-state index contributed by atoms with van der Waals surface area (Å²) in [6, 6.07) is 13.6. The molecule has 122 valence electrons. The van der Waals surface area contributed by atoms with Crippen LogP contribution in [0.1, 0.15) is 26.3 Å². The molecule has 0 amide bonds. The molecule has 0 saturated heterocycles. The molecule has 0 saturated carbocycles. The highest BCUT2D eigenvalue weighted by molar-refractivity contribution is 9.10. The van der Waals surface area contributed by atoms with E-state index in [4.69, 9.17) is 9.47 Å². The standard InChI is InChI=1S/C18H21BrN2O2/c1-4-22-18-11-14(5-10-17(18)23-13(2)3)12-20-21-16-8-6-15(19)7-9-16/h5-13,21H,4H2,1-3H3/b20-12+. The highest BCUT2D eigenvalue weighted by Gasteiger charge is 2.07. The number of halogens is 1. The zero-order chi connectivity index (χ0) is 16.7. The van der Waals surface area contributed by atoms with Crippen molar-refractivity contribution in [3.63, 3.8) is 0 Å². The van der Waals surface area contributed by atoms with Crippen LogP contribution in [0.2, 0.25) is 0 Å². The molecule has 0 aliphatic rings. The number of nitrogens with one attached hydrogen (secondary N) is 1. The Morgan fingerprint density at radius 1 is 1.13 bits per heavy atom. The molecule has 0 aromatic heterocycles. The first-order chi connectivity index (χ1) is 11.1. The molecule has 0 fully saturated rings. The molecule has 0 radical (unpaired) electrons. The summed E-state index contributed by atoms with van der Waals surface area (Å²) in [5, 5.41) is 4.25. The van der Waals surface area contributed by atoms with E-state index in [0.717, 1.165) is 27.2 Å². The minimum absolute atomic E-state index is 0.104. The van der Waals surface area contributed by atoms with E-state index in [1.165, 1.54) is 0 Å². The second-order valence-corrected chi connectivity index (χ2v) is 6.10. The van der Waals surface area contributed by atoms with E-state index in [1.54, 1.807) is 6.21 Å². The maximum atomic E-state index is 5.75. The first kappa shape index (κ1) is 17.3. The van der Waals surface area contributed by atoms with Gasteiger partial charge in [-0.25, -0.2) is 0 Å². The lowest BCUT2D eigenvalue weighted by Crippen LogP contribution is -2.07. The average Bonchev–Trinajstić information content (AvgIpc) is 2.51. The van der Waals surface area contributed by atoms with E-state index < -0.39 is 0 Å². The third-order valence-electron chi connectivity index (χ3n) is 2.88. The van der Waals surface area contributed by atoms with Crippen LogP contribution in [0, 0.1) is 0 Å². The first-order valence-corrected chi connectivity index (χ1v) is 8.36. The first-order valence-electron chi connectivity index (χ1n) is 7.56. The molecule has 2 rings (SSSR count). The van der Waals surface area contributed by atoms with Gasteiger partial charge in [0.15, 0.2) is 11.5 Å². The van der Waals surface area contributed by atoms with Gasteiger partial charge in [-0.15, -0.1) is 0 Å². The zero-order valence-electron chi connectivity index (χ0n) is 13.5. The molecule has 4 nitrogen and oxygen atoms in total. The Morgan fingerprint density at radius 3 is 2.52 bits per heavy atom. The fourth-order valence-corrected chi connectivity index (χ4v) is 2.19. The van der Waals surface area contributed by atoms with Crippen molar-refractivity contribution in [2.24, 2.45) is 5.10 Å². The second-order valence-electron chi connectivity index (χ2n) is 5.18.